The summed E-state index contributed by atoms with van der Waals surface area (Å²) in [7, 11) is 0. The molecule has 11 nitrogen and oxygen atoms in total. The number of halogens is 1. The van der Waals surface area contributed by atoms with Gasteiger partial charge in [0.05, 0.1) is 11.1 Å². The molecule has 12 heteroatoms. The Bertz CT molecular complexity index is 1580. The van der Waals surface area contributed by atoms with Crippen molar-refractivity contribution in [3.8, 4) is 0 Å². The first-order valence-corrected chi connectivity index (χ1v) is 14.7. The van der Waals surface area contributed by atoms with Gasteiger partial charge in [0, 0.05) is 68.5 Å². The van der Waals surface area contributed by atoms with Crippen LogP contribution in [0.15, 0.2) is 66.3 Å². The number of anilines is 2. The predicted molar refractivity (Wildman–Crippen MR) is 161 cm³/mol. The van der Waals surface area contributed by atoms with E-state index in [0.717, 1.165) is 42.3 Å². The highest BCUT2D eigenvalue weighted by Gasteiger charge is 2.45. The lowest BCUT2D eigenvalue weighted by Crippen LogP contribution is -2.54. The van der Waals surface area contributed by atoms with Crippen molar-refractivity contribution in [2.45, 2.75) is 25.1 Å². The second-order valence-electron chi connectivity index (χ2n) is 11.4. The fraction of sp³-hybridized carbons (Fsp3) is 0.344. The average Bonchev–Trinajstić information content (AvgIpc) is 3.27. The molecule has 2 aromatic rings. The van der Waals surface area contributed by atoms with Crippen LogP contribution in [-0.2, 0) is 9.59 Å². The minimum Gasteiger partial charge on any atom is -0.380 e. The molecule has 44 heavy (non-hydrogen) atoms. The summed E-state index contributed by atoms with van der Waals surface area (Å²) in [5, 5.41) is 5.37. The molecule has 1 aliphatic carbocycles. The highest BCUT2D eigenvalue weighted by molar-refractivity contribution is 6.25. The summed E-state index contributed by atoms with van der Waals surface area (Å²) in [6.45, 7) is 3.98. The zero-order valence-electron chi connectivity index (χ0n) is 24.0. The van der Waals surface area contributed by atoms with Gasteiger partial charge in [-0.1, -0.05) is 18.2 Å². The van der Waals surface area contributed by atoms with Crippen LogP contribution in [0.1, 0.15) is 43.9 Å². The number of nitrogens with two attached hydrogens (primary N) is 1. The Morgan fingerprint density at radius 3 is 2.43 bits per heavy atom. The second-order valence-corrected chi connectivity index (χ2v) is 11.4. The maximum absolute atomic E-state index is 15.3. The fourth-order valence-corrected chi connectivity index (χ4v) is 6.20. The molecule has 6 rings (SSSR count). The monoisotopic (exact) mass is 600 g/mol. The van der Waals surface area contributed by atoms with Crippen molar-refractivity contribution in [3.05, 3.63) is 83.0 Å². The minimum atomic E-state index is -1.18. The number of benzene rings is 2. The lowest BCUT2D eigenvalue weighted by atomic mass is 9.94. The Morgan fingerprint density at radius 2 is 1.75 bits per heavy atom. The molecule has 0 bridgehead atoms. The van der Waals surface area contributed by atoms with E-state index in [2.05, 4.69) is 20.4 Å². The first-order valence-electron chi connectivity index (χ1n) is 14.7. The molecule has 2 saturated heterocycles. The van der Waals surface area contributed by atoms with Crippen molar-refractivity contribution >= 4 is 40.9 Å². The van der Waals surface area contributed by atoms with Gasteiger partial charge in [-0.3, -0.25) is 39.1 Å². The third-order valence-electron chi connectivity index (χ3n) is 8.65. The number of amides is 5. The molecule has 0 radical (unpaired) electrons. The lowest BCUT2D eigenvalue weighted by molar-refractivity contribution is -0.136. The Morgan fingerprint density at radius 1 is 1.00 bits per heavy atom. The Hall–Kier alpha value is -4.84. The fourth-order valence-electron chi connectivity index (χ4n) is 6.20. The Kier molecular flexibility index (Phi) is 8.00. The van der Waals surface area contributed by atoms with E-state index in [0.29, 0.717) is 17.8 Å². The number of piperidine rings is 1. The number of alkyl halides is 1. The van der Waals surface area contributed by atoms with Gasteiger partial charge in [-0.15, -0.1) is 0 Å². The van der Waals surface area contributed by atoms with Crippen LogP contribution in [-0.4, -0.2) is 90.8 Å². The van der Waals surface area contributed by atoms with Crippen molar-refractivity contribution in [3.63, 3.8) is 0 Å². The topological polar surface area (TPSA) is 145 Å². The zero-order valence-corrected chi connectivity index (χ0v) is 24.0. The van der Waals surface area contributed by atoms with Crippen LogP contribution in [0.2, 0.25) is 0 Å². The number of hydrogen-bond donors (Lipinski definition) is 3. The molecule has 4 N–H and O–H groups in total. The maximum atomic E-state index is 15.3. The molecular formula is C32H33FN6O5. The molecule has 3 heterocycles. The van der Waals surface area contributed by atoms with E-state index in [9.17, 15) is 24.0 Å². The standard InChI is InChI=1S/C32H33FN6O5/c33-24-16-19(4-5-21(24)18-37-12-14-38(15-13-37)22-8-6-20(7-9-22)29(34)41)17-35-25-3-1-2-23-28(25)32(44)39(31(23)43)26-10-11-27(40)36-30(26)42/h1-9,16,21,24,26,35H,10-15,17-18H2,(H2,34,41)(H,36,40,42). The third kappa shape index (κ3) is 5.72. The molecule has 5 amide bonds. The summed E-state index contributed by atoms with van der Waals surface area (Å²) < 4.78 is 15.3. The molecule has 0 aromatic heterocycles. The van der Waals surface area contributed by atoms with Crippen molar-refractivity contribution in [2.75, 3.05) is 49.5 Å². The van der Waals surface area contributed by atoms with E-state index in [1.807, 2.05) is 24.3 Å². The first kappa shape index (κ1) is 29.2. The number of allylic oxidation sites excluding steroid dienone is 1. The van der Waals surface area contributed by atoms with E-state index in [1.165, 1.54) is 6.07 Å². The molecule has 2 fully saturated rings. The van der Waals surface area contributed by atoms with Crippen LogP contribution in [0.5, 0.6) is 0 Å². The molecule has 3 atom stereocenters. The molecule has 0 spiro atoms. The van der Waals surface area contributed by atoms with Gasteiger partial charge >= 0.3 is 0 Å². The quantitative estimate of drug-likeness (QED) is 0.390. The number of carbonyl (C=O) groups is 5. The molecule has 3 unspecified atom stereocenters. The normalized spacial score (nSPS) is 23.8. The van der Waals surface area contributed by atoms with E-state index >= 15 is 4.39 Å². The number of nitrogens with zero attached hydrogens (tertiary/aromatic N) is 3. The largest absolute Gasteiger partial charge is 0.380 e. The van der Waals surface area contributed by atoms with Crippen LogP contribution in [0.25, 0.3) is 0 Å². The number of imide groups is 2. The van der Waals surface area contributed by atoms with Gasteiger partial charge in [0.25, 0.3) is 11.8 Å². The summed E-state index contributed by atoms with van der Waals surface area (Å²) in [4.78, 5) is 67.1. The Balaban J connectivity index is 1.03. The number of nitrogens with one attached hydrogen (secondary N) is 2. The van der Waals surface area contributed by atoms with Gasteiger partial charge in [-0.2, -0.15) is 0 Å². The molecule has 228 valence electrons. The van der Waals surface area contributed by atoms with Gasteiger partial charge in [0.2, 0.25) is 17.7 Å². The number of piperazine rings is 1. The molecule has 3 aliphatic heterocycles. The van der Waals surface area contributed by atoms with Crippen LogP contribution in [0.4, 0.5) is 15.8 Å². The number of primary amides is 1. The first-order chi connectivity index (χ1) is 21.2. The highest BCUT2D eigenvalue weighted by Crippen LogP contribution is 2.33. The molecule has 4 aliphatic rings. The summed E-state index contributed by atoms with van der Waals surface area (Å²) in [6.07, 6.45) is 4.30. The second kappa shape index (κ2) is 12.0. The highest BCUT2D eigenvalue weighted by atomic mass is 19.1. The SMILES string of the molecule is NC(=O)c1ccc(N2CCN(CC3C=CC(CNc4cccc5c4C(=O)N(C4CCC(=O)NC4=O)C5=O)=CC3F)CC2)cc1. The van der Waals surface area contributed by atoms with E-state index in [-0.39, 0.29) is 36.4 Å². The lowest BCUT2D eigenvalue weighted by Gasteiger charge is -2.38. The van der Waals surface area contributed by atoms with Gasteiger partial charge < -0.3 is 16.0 Å². The van der Waals surface area contributed by atoms with Crippen molar-refractivity contribution in [1.29, 1.82) is 0 Å². The number of rotatable bonds is 8. The summed E-state index contributed by atoms with van der Waals surface area (Å²) in [5.41, 5.74) is 8.31. The zero-order chi connectivity index (χ0) is 31.0. The smallest absolute Gasteiger partial charge is 0.264 e. The van der Waals surface area contributed by atoms with Crippen LogP contribution in [0, 0.1) is 5.92 Å². The van der Waals surface area contributed by atoms with Gasteiger partial charge in [0.1, 0.15) is 12.2 Å². The average molecular weight is 601 g/mol. The van der Waals surface area contributed by atoms with Gasteiger partial charge in [-0.05, 0) is 54.5 Å². The maximum Gasteiger partial charge on any atom is 0.264 e. The van der Waals surface area contributed by atoms with Crippen molar-refractivity contribution in [1.82, 2.24) is 15.1 Å². The summed E-state index contributed by atoms with van der Waals surface area (Å²) in [5.74, 6) is -3.01. The molecule has 0 saturated carbocycles. The van der Waals surface area contributed by atoms with E-state index in [1.54, 1.807) is 30.3 Å². The van der Waals surface area contributed by atoms with E-state index in [4.69, 9.17) is 5.73 Å². The van der Waals surface area contributed by atoms with Crippen molar-refractivity contribution in [2.24, 2.45) is 11.7 Å². The third-order valence-corrected chi connectivity index (χ3v) is 8.65. The summed E-state index contributed by atoms with van der Waals surface area (Å²) in [6, 6.07) is 11.0. The minimum absolute atomic E-state index is 0.0467. The number of carbonyl (C=O) groups excluding carboxylic acids is 5. The molecular weight excluding hydrogens is 567 g/mol. The molecule has 2 aromatic carbocycles. The van der Waals surface area contributed by atoms with Crippen LogP contribution < -0.4 is 21.3 Å². The number of hydrogen-bond acceptors (Lipinski definition) is 8. The number of fused-ring (bicyclic) bond motifs is 1. The predicted octanol–water partition coefficient (Wildman–Crippen LogP) is 1.87. The van der Waals surface area contributed by atoms with Gasteiger partial charge in [-0.25, -0.2) is 4.39 Å². The van der Waals surface area contributed by atoms with E-state index < -0.39 is 41.7 Å². The Labute approximate surface area is 253 Å². The van der Waals surface area contributed by atoms with Crippen LogP contribution in [0.3, 0.4) is 0 Å². The van der Waals surface area contributed by atoms with Gasteiger partial charge in [0.15, 0.2) is 0 Å². The van der Waals surface area contributed by atoms with Crippen molar-refractivity contribution < 1.29 is 28.4 Å². The van der Waals surface area contributed by atoms with Crippen LogP contribution >= 0.6 is 0 Å². The summed E-state index contributed by atoms with van der Waals surface area (Å²) >= 11 is 0.